The van der Waals surface area contributed by atoms with E-state index in [4.69, 9.17) is 14.2 Å². The highest BCUT2D eigenvalue weighted by atomic mass is 32.1. The van der Waals surface area contributed by atoms with Crippen molar-refractivity contribution in [2.24, 2.45) is 0 Å². The molecule has 3 rings (SSSR count). The Hall–Kier alpha value is -1.72. The molecule has 2 aromatic rings. The molecule has 1 aliphatic heterocycles. The summed E-state index contributed by atoms with van der Waals surface area (Å²) in [6.07, 6.45) is 5.07. The fourth-order valence-electron chi connectivity index (χ4n) is 3.89. The summed E-state index contributed by atoms with van der Waals surface area (Å²) in [5.41, 5.74) is 2.55. The van der Waals surface area contributed by atoms with E-state index < -0.39 is 0 Å². The van der Waals surface area contributed by atoms with Crippen molar-refractivity contribution in [1.82, 2.24) is 4.90 Å². The van der Waals surface area contributed by atoms with Gasteiger partial charge in [0.15, 0.2) is 11.5 Å². The van der Waals surface area contributed by atoms with Crippen molar-refractivity contribution >= 4 is 11.3 Å². The lowest BCUT2D eigenvalue weighted by molar-refractivity contribution is 0.191. The number of hydrogen-bond acceptors (Lipinski definition) is 5. The van der Waals surface area contributed by atoms with E-state index in [9.17, 15) is 0 Å². The minimum atomic E-state index is 0.482. The van der Waals surface area contributed by atoms with Crippen molar-refractivity contribution in [3.05, 3.63) is 39.6 Å². The second-order valence-electron chi connectivity index (χ2n) is 6.80. The third-order valence-electron chi connectivity index (χ3n) is 5.23. The molecule has 0 bridgehead atoms. The molecule has 2 heterocycles. The zero-order valence-electron chi connectivity index (χ0n) is 16.2. The molecule has 1 aliphatic rings. The topological polar surface area (TPSA) is 30.9 Å². The van der Waals surface area contributed by atoms with E-state index in [1.807, 2.05) is 17.4 Å². The van der Waals surface area contributed by atoms with Crippen molar-refractivity contribution in [2.45, 2.75) is 45.2 Å². The Balaban J connectivity index is 1.93. The number of benzene rings is 1. The molecule has 0 aliphatic carbocycles. The van der Waals surface area contributed by atoms with Gasteiger partial charge in [-0.15, -0.1) is 11.3 Å². The van der Waals surface area contributed by atoms with Crippen LogP contribution in [0.1, 0.15) is 47.7 Å². The first-order valence-electron chi connectivity index (χ1n) is 9.25. The maximum absolute atomic E-state index is 5.70. The van der Waals surface area contributed by atoms with Gasteiger partial charge in [0.2, 0.25) is 5.75 Å². The first-order chi connectivity index (χ1) is 12.7. The normalized spacial score (nSPS) is 18.4. The van der Waals surface area contributed by atoms with E-state index in [0.717, 1.165) is 24.4 Å². The van der Waals surface area contributed by atoms with Crippen molar-refractivity contribution in [3.8, 4) is 17.2 Å². The Labute approximate surface area is 160 Å². The van der Waals surface area contributed by atoms with Crippen LogP contribution in [0.5, 0.6) is 17.2 Å². The molecule has 0 saturated carbocycles. The minimum Gasteiger partial charge on any atom is -0.493 e. The van der Waals surface area contributed by atoms with E-state index in [1.54, 1.807) is 21.3 Å². The molecule has 1 fully saturated rings. The Morgan fingerprint density at radius 3 is 2.46 bits per heavy atom. The van der Waals surface area contributed by atoms with Gasteiger partial charge in [-0.25, -0.2) is 0 Å². The molecule has 1 aromatic heterocycles. The van der Waals surface area contributed by atoms with Gasteiger partial charge in [0, 0.05) is 23.0 Å². The number of rotatable bonds is 6. The predicted molar refractivity (Wildman–Crippen MR) is 107 cm³/mol. The van der Waals surface area contributed by atoms with Crippen LogP contribution in [-0.4, -0.2) is 32.8 Å². The molecule has 5 heteroatoms. The van der Waals surface area contributed by atoms with Crippen molar-refractivity contribution in [1.29, 1.82) is 0 Å². The average molecular weight is 376 g/mol. The summed E-state index contributed by atoms with van der Waals surface area (Å²) in [6.45, 7) is 4.19. The Bertz CT molecular complexity index is 728. The SMILES string of the molecule is COc1ccc(CN2CCCCCC2c2sccc2C)c(OC)c1OC. The van der Waals surface area contributed by atoms with Crippen LogP contribution in [-0.2, 0) is 6.54 Å². The molecule has 1 saturated heterocycles. The summed E-state index contributed by atoms with van der Waals surface area (Å²) >= 11 is 1.89. The van der Waals surface area contributed by atoms with Gasteiger partial charge >= 0.3 is 0 Å². The summed E-state index contributed by atoms with van der Waals surface area (Å²) < 4.78 is 16.7. The lowest BCUT2D eigenvalue weighted by Crippen LogP contribution is -2.28. The monoisotopic (exact) mass is 375 g/mol. The van der Waals surface area contributed by atoms with Crippen LogP contribution < -0.4 is 14.2 Å². The minimum absolute atomic E-state index is 0.482. The lowest BCUT2D eigenvalue weighted by Gasteiger charge is -2.30. The number of hydrogen-bond donors (Lipinski definition) is 0. The summed E-state index contributed by atoms with van der Waals surface area (Å²) in [7, 11) is 5.01. The van der Waals surface area contributed by atoms with E-state index in [0.29, 0.717) is 17.5 Å². The van der Waals surface area contributed by atoms with Gasteiger partial charge in [-0.1, -0.05) is 18.9 Å². The highest BCUT2D eigenvalue weighted by molar-refractivity contribution is 7.10. The first-order valence-corrected chi connectivity index (χ1v) is 10.1. The largest absolute Gasteiger partial charge is 0.493 e. The fraction of sp³-hybridized carbons (Fsp3) is 0.524. The van der Waals surface area contributed by atoms with E-state index >= 15 is 0 Å². The van der Waals surface area contributed by atoms with Crippen molar-refractivity contribution in [2.75, 3.05) is 27.9 Å². The molecule has 0 spiro atoms. The molecule has 1 atom stereocenters. The zero-order valence-corrected chi connectivity index (χ0v) is 17.0. The van der Waals surface area contributed by atoms with Crippen LogP contribution in [0.3, 0.4) is 0 Å². The predicted octanol–water partition coefficient (Wildman–Crippen LogP) is 5.20. The maximum Gasteiger partial charge on any atom is 0.203 e. The number of nitrogens with zero attached hydrogens (tertiary/aromatic N) is 1. The van der Waals surface area contributed by atoms with Crippen LogP contribution in [0.15, 0.2) is 23.6 Å². The second-order valence-corrected chi connectivity index (χ2v) is 7.74. The average Bonchev–Trinajstić information content (AvgIpc) is 2.95. The highest BCUT2D eigenvalue weighted by Gasteiger charge is 2.27. The van der Waals surface area contributed by atoms with Gasteiger partial charge in [0.25, 0.3) is 0 Å². The molecule has 0 amide bonds. The second kappa shape index (κ2) is 8.78. The molecule has 142 valence electrons. The van der Waals surface area contributed by atoms with Crippen LogP contribution in [0.4, 0.5) is 0 Å². The fourth-order valence-corrected chi connectivity index (χ4v) is 4.98. The Morgan fingerprint density at radius 1 is 1.00 bits per heavy atom. The molecular weight excluding hydrogens is 346 g/mol. The van der Waals surface area contributed by atoms with E-state index in [2.05, 4.69) is 29.3 Å². The maximum atomic E-state index is 5.70. The van der Waals surface area contributed by atoms with Crippen LogP contribution in [0.25, 0.3) is 0 Å². The number of aryl methyl sites for hydroxylation is 1. The third kappa shape index (κ3) is 3.84. The highest BCUT2D eigenvalue weighted by Crippen LogP contribution is 2.42. The van der Waals surface area contributed by atoms with Crippen LogP contribution in [0, 0.1) is 6.92 Å². The summed E-state index contributed by atoms with van der Waals surface area (Å²) in [5, 5.41) is 2.21. The molecule has 1 unspecified atom stereocenters. The van der Waals surface area contributed by atoms with Crippen molar-refractivity contribution in [3.63, 3.8) is 0 Å². The smallest absolute Gasteiger partial charge is 0.203 e. The van der Waals surface area contributed by atoms with Crippen LogP contribution in [0.2, 0.25) is 0 Å². The zero-order chi connectivity index (χ0) is 18.5. The van der Waals surface area contributed by atoms with Crippen molar-refractivity contribution < 1.29 is 14.2 Å². The number of methoxy groups -OCH3 is 3. The summed E-state index contributed by atoms with van der Waals surface area (Å²) in [5.74, 6) is 2.15. The van der Waals surface area contributed by atoms with E-state index in [-0.39, 0.29) is 0 Å². The molecule has 1 aromatic carbocycles. The first kappa shape index (κ1) is 19.1. The molecule has 4 nitrogen and oxygen atoms in total. The van der Waals surface area contributed by atoms with E-state index in [1.165, 1.54) is 36.1 Å². The van der Waals surface area contributed by atoms with Gasteiger partial charge < -0.3 is 14.2 Å². The lowest BCUT2D eigenvalue weighted by atomic mass is 10.0. The number of thiophene rings is 1. The number of likely N-dealkylation sites (tertiary alicyclic amines) is 1. The Morgan fingerprint density at radius 2 is 1.81 bits per heavy atom. The van der Waals surface area contributed by atoms with Gasteiger partial charge in [-0.3, -0.25) is 4.90 Å². The molecule has 0 radical (unpaired) electrons. The van der Waals surface area contributed by atoms with Gasteiger partial charge in [-0.2, -0.15) is 0 Å². The standard InChI is InChI=1S/C21H29NO3S/c1-15-11-13-26-21(15)17-8-6-5-7-12-22(17)14-16-9-10-18(23-2)20(25-4)19(16)24-3/h9-11,13,17H,5-8,12,14H2,1-4H3. The van der Waals surface area contributed by atoms with Gasteiger partial charge in [-0.05, 0) is 49.4 Å². The molecule has 0 N–H and O–H groups in total. The molecule has 26 heavy (non-hydrogen) atoms. The Kier molecular flexibility index (Phi) is 6.43. The number of ether oxygens (including phenoxy) is 3. The quantitative estimate of drug-likeness (QED) is 0.694. The summed E-state index contributed by atoms with van der Waals surface area (Å²) in [6, 6.07) is 6.79. The van der Waals surface area contributed by atoms with Gasteiger partial charge in [0.05, 0.1) is 21.3 Å². The summed E-state index contributed by atoms with van der Waals surface area (Å²) in [4.78, 5) is 4.11. The van der Waals surface area contributed by atoms with Crippen LogP contribution >= 0.6 is 11.3 Å². The van der Waals surface area contributed by atoms with Gasteiger partial charge in [0.1, 0.15) is 0 Å². The third-order valence-corrected chi connectivity index (χ3v) is 6.35. The molecular formula is C21H29NO3S.